The van der Waals surface area contributed by atoms with Gasteiger partial charge in [-0.15, -0.1) is 0 Å². The smallest absolute Gasteiger partial charge is 0.246 e. The lowest BCUT2D eigenvalue weighted by Crippen LogP contribution is -2.35. The second kappa shape index (κ2) is 5.96. The second-order valence-corrected chi connectivity index (χ2v) is 5.62. The van der Waals surface area contributed by atoms with Gasteiger partial charge in [0.15, 0.2) is 0 Å². The number of thioether (sulfide) groups is 1. The number of nitrogen functional groups attached to an aromatic ring is 1. The third kappa shape index (κ3) is 3.29. The lowest BCUT2D eigenvalue weighted by atomic mass is 10.2. The molecule has 2 N–H and O–H groups in total. The number of amides is 1. The van der Waals surface area contributed by atoms with Crippen molar-refractivity contribution in [2.45, 2.75) is 12.5 Å². The first-order chi connectivity index (χ1) is 8.66. The van der Waals surface area contributed by atoms with Crippen LogP contribution in [0.2, 0.25) is 0 Å². The summed E-state index contributed by atoms with van der Waals surface area (Å²) < 4.78 is 0. The number of hydrogen-bond donors (Lipinski definition) is 1. The minimum atomic E-state index is 0.0688. The minimum absolute atomic E-state index is 0.0688. The minimum Gasteiger partial charge on any atom is -0.399 e. The Morgan fingerprint density at radius 2 is 2.17 bits per heavy atom. The van der Waals surface area contributed by atoms with Gasteiger partial charge < -0.3 is 10.6 Å². The average Bonchev–Trinajstić information content (AvgIpc) is 2.90. The predicted octanol–water partition coefficient (Wildman–Crippen LogP) is 2.25. The van der Waals surface area contributed by atoms with Crippen LogP contribution in [-0.2, 0) is 4.79 Å². The van der Waals surface area contributed by atoms with Gasteiger partial charge in [0.2, 0.25) is 5.91 Å². The van der Waals surface area contributed by atoms with E-state index in [0.717, 1.165) is 29.2 Å². The van der Waals surface area contributed by atoms with Crippen molar-refractivity contribution < 1.29 is 4.79 Å². The zero-order valence-corrected chi connectivity index (χ0v) is 11.3. The highest BCUT2D eigenvalue weighted by Gasteiger charge is 2.22. The van der Waals surface area contributed by atoms with Gasteiger partial charge in [-0.2, -0.15) is 11.8 Å². The van der Waals surface area contributed by atoms with Crippen molar-refractivity contribution in [1.29, 1.82) is 0 Å². The maximum absolute atomic E-state index is 12.0. The van der Waals surface area contributed by atoms with Gasteiger partial charge in [-0.1, -0.05) is 12.1 Å². The Morgan fingerprint density at radius 3 is 2.78 bits per heavy atom. The fraction of sp³-hybridized carbons (Fsp3) is 0.357. The number of nitrogens with zero attached hydrogens (tertiary/aromatic N) is 1. The molecule has 1 aromatic rings. The van der Waals surface area contributed by atoms with E-state index in [0.29, 0.717) is 6.04 Å². The molecule has 0 aliphatic carbocycles. The summed E-state index contributed by atoms with van der Waals surface area (Å²) in [5, 5.41) is 0. The number of likely N-dealkylation sites (N-methyl/N-ethyl adjacent to an activating group) is 1. The summed E-state index contributed by atoms with van der Waals surface area (Å²) in [5.74, 6) is 2.28. The quantitative estimate of drug-likeness (QED) is 0.671. The molecule has 4 heteroatoms. The number of hydrogen-bond acceptors (Lipinski definition) is 3. The largest absolute Gasteiger partial charge is 0.399 e. The molecule has 1 heterocycles. The first-order valence-electron chi connectivity index (χ1n) is 6.05. The molecular formula is C14H18N2OS. The molecule has 0 saturated carbocycles. The Labute approximate surface area is 112 Å². The van der Waals surface area contributed by atoms with Crippen LogP contribution >= 0.6 is 11.8 Å². The van der Waals surface area contributed by atoms with Gasteiger partial charge >= 0.3 is 0 Å². The molecule has 1 aliphatic rings. The normalized spacial score (nSPS) is 19.3. The van der Waals surface area contributed by atoms with Crippen molar-refractivity contribution >= 4 is 29.4 Å². The number of rotatable bonds is 3. The van der Waals surface area contributed by atoms with E-state index in [1.807, 2.05) is 54.1 Å². The van der Waals surface area contributed by atoms with Crippen LogP contribution in [0.3, 0.4) is 0 Å². The molecule has 0 aromatic heterocycles. The molecule has 1 saturated heterocycles. The predicted molar refractivity (Wildman–Crippen MR) is 78.4 cm³/mol. The van der Waals surface area contributed by atoms with Crippen LogP contribution < -0.4 is 5.73 Å². The van der Waals surface area contributed by atoms with Crippen molar-refractivity contribution in [2.75, 3.05) is 24.3 Å². The molecule has 96 valence electrons. The Bertz CT molecular complexity index is 436. The molecule has 1 unspecified atom stereocenters. The molecular weight excluding hydrogens is 244 g/mol. The molecule has 2 rings (SSSR count). The van der Waals surface area contributed by atoms with Crippen LogP contribution in [0.15, 0.2) is 30.3 Å². The summed E-state index contributed by atoms with van der Waals surface area (Å²) in [6.07, 6.45) is 4.57. The van der Waals surface area contributed by atoms with Crippen molar-refractivity contribution in [3.8, 4) is 0 Å². The molecule has 1 aromatic carbocycles. The highest BCUT2D eigenvalue weighted by Crippen LogP contribution is 2.21. The van der Waals surface area contributed by atoms with E-state index in [4.69, 9.17) is 5.73 Å². The summed E-state index contributed by atoms with van der Waals surface area (Å²) >= 11 is 1.91. The average molecular weight is 262 g/mol. The highest BCUT2D eigenvalue weighted by atomic mass is 32.2. The van der Waals surface area contributed by atoms with Crippen LogP contribution in [0.4, 0.5) is 5.69 Å². The van der Waals surface area contributed by atoms with Crippen molar-refractivity contribution in [1.82, 2.24) is 4.90 Å². The first kappa shape index (κ1) is 13.0. The van der Waals surface area contributed by atoms with Crippen LogP contribution in [0.25, 0.3) is 6.08 Å². The standard InChI is InChI=1S/C14H18N2OS/c1-16(13-8-9-18-10-13)14(17)7-4-11-2-5-12(15)6-3-11/h2-7,13H,8-10,15H2,1H3/b7-4+. The van der Waals surface area contributed by atoms with E-state index >= 15 is 0 Å². The summed E-state index contributed by atoms with van der Waals surface area (Å²) in [6, 6.07) is 7.87. The lowest BCUT2D eigenvalue weighted by molar-refractivity contribution is -0.126. The van der Waals surface area contributed by atoms with Crippen LogP contribution in [0, 0.1) is 0 Å². The first-order valence-corrected chi connectivity index (χ1v) is 7.20. The maximum Gasteiger partial charge on any atom is 0.246 e. The van der Waals surface area contributed by atoms with Crippen LogP contribution in [-0.4, -0.2) is 35.4 Å². The van der Waals surface area contributed by atoms with E-state index in [1.54, 1.807) is 6.08 Å². The molecule has 0 spiro atoms. The van der Waals surface area contributed by atoms with E-state index < -0.39 is 0 Å². The Morgan fingerprint density at radius 1 is 1.44 bits per heavy atom. The van der Waals surface area contributed by atoms with Crippen LogP contribution in [0.5, 0.6) is 0 Å². The van der Waals surface area contributed by atoms with E-state index in [1.165, 1.54) is 0 Å². The molecule has 3 nitrogen and oxygen atoms in total. The van der Waals surface area contributed by atoms with Gasteiger partial charge in [0.1, 0.15) is 0 Å². The monoisotopic (exact) mass is 262 g/mol. The number of carbonyl (C=O) groups excluding carboxylic acids is 1. The molecule has 0 bridgehead atoms. The van der Waals surface area contributed by atoms with Gasteiger partial charge in [0.05, 0.1) is 0 Å². The van der Waals surface area contributed by atoms with Gasteiger partial charge in [-0.25, -0.2) is 0 Å². The fourth-order valence-electron chi connectivity index (χ4n) is 1.90. The van der Waals surface area contributed by atoms with E-state index in [2.05, 4.69) is 0 Å². The summed E-state index contributed by atoms with van der Waals surface area (Å²) in [7, 11) is 1.88. The molecule has 18 heavy (non-hydrogen) atoms. The van der Waals surface area contributed by atoms with Crippen molar-refractivity contribution in [3.63, 3.8) is 0 Å². The van der Waals surface area contributed by atoms with Gasteiger partial charge in [0, 0.05) is 30.6 Å². The Balaban J connectivity index is 1.95. The third-order valence-corrected chi connectivity index (χ3v) is 4.30. The Kier molecular flexibility index (Phi) is 4.31. The number of carbonyl (C=O) groups is 1. The lowest BCUT2D eigenvalue weighted by Gasteiger charge is -2.22. The summed E-state index contributed by atoms with van der Waals surface area (Å²) in [4.78, 5) is 13.8. The summed E-state index contributed by atoms with van der Waals surface area (Å²) in [6.45, 7) is 0. The Hall–Kier alpha value is -1.42. The second-order valence-electron chi connectivity index (χ2n) is 4.47. The molecule has 1 atom stereocenters. The van der Waals surface area contributed by atoms with Crippen molar-refractivity contribution in [3.05, 3.63) is 35.9 Å². The van der Waals surface area contributed by atoms with Gasteiger partial charge in [0.25, 0.3) is 0 Å². The van der Waals surface area contributed by atoms with E-state index in [-0.39, 0.29) is 5.91 Å². The molecule has 1 amide bonds. The maximum atomic E-state index is 12.0. The molecule has 0 radical (unpaired) electrons. The third-order valence-electron chi connectivity index (χ3n) is 3.16. The van der Waals surface area contributed by atoms with Gasteiger partial charge in [-0.3, -0.25) is 4.79 Å². The molecule has 1 aliphatic heterocycles. The van der Waals surface area contributed by atoms with Crippen LogP contribution in [0.1, 0.15) is 12.0 Å². The molecule has 1 fully saturated rings. The highest BCUT2D eigenvalue weighted by molar-refractivity contribution is 7.99. The zero-order valence-electron chi connectivity index (χ0n) is 10.5. The number of anilines is 1. The zero-order chi connectivity index (χ0) is 13.0. The topological polar surface area (TPSA) is 46.3 Å². The SMILES string of the molecule is CN(C(=O)/C=C/c1ccc(N)cc1)C1CCSC1. The van der Waals surface area contributed by atoms with Gasteiger partial charge in [-0.05, 0) is 35.9 Å². The number of nitrogens with two attached hydrogens (primary N) is 1. The summed E-state index contributed by atoms with van der Waals surface area (Å²) in [5.41, 5.74) is 7.34. The fourth-order valence-corrected chi connectivity index (χ4v) is 3.17. The number of benzene rings is 1. The van der Waals surface area contributed by atoms with E-state index in [9.17, 15) is 4.79 Å². The van der Waals surface area contributed by atoms with Crippen molar-refractivity contribution in [2.24, 2.45) is 0 Å².